The van der Waals surface area contributed by atoms with E-state index in [1.54, 1.807) is 7.11 Å². The first-order valence-electron chi connectivity index (χ1n) is 6.06. The molecule has 0 amide bonds. The zero-order chi connectivity index (χ0) is 11.7. The van der Waals surface area contributed by atoms with Gasteiger partial charge in [0.25, 0.3) is 0 Å². The largest absolute Gasteiger partial charge is 0.497 e. The zero-order valence-electron chi connectivity index (χ0n) is 9.94. The van der Waals surface area contributed by atoms with Gasteiger partial charge in [-0.15, -0.1) is 0 Å². The molecule has 0 bridgehead atoms. The number of hydrogen-bond acceptors (Lipinski definition) is 4. The molecule has 2 unspecified atom stereocenters. The Balaban J connectivity index is 1.80. The maximum absolute atomic E-state index is 5.16. The predicted molar refractivity (Wildman–Crippen MR) is 67.7 cm³/mol. The Bertz CT molecular complexity index is 427. The maximum Gasteiger partial charge on any atom is 0.128 e. The van der Waals surface area contributed by atoms with E-state index in [0.29, 0.717) is 12.1 Å². The van der Waals surface area contributed by atoms with Crippen LogP contribution in [-0.4, -0.2) is 38.1 Å². The highest BCUT2D eigenvalue weighted by atomic mass is 16.5. The molecule has 17 heavy (non-hydrogen) atoms. The molecule has 0 saturated carbocycles. The van der Waals surface area contributed by atoms with Crippen LogP contribution in [-0.2, 0) is 0 Å². The highest BCUT2D eigenvalue weighted by Gasteiger charge is 2.30. The molecule has 1 fully saturated rings. The average molecular weight is 231 g/mol. The lowest BCUT2D eigenvalue weighted by atomic mass is 10.0. The molecular weight excluding hydrogens is 214 g/mol. The number of nitrogens with zero attached hydrogens (tertiary/aromatic N) is 1. The number of methoxy groups -OCH3 is 1. The SMILES string of the molecule is COc1ccc(C2=NC3CCNCC3N2)cc1. The highest BCUT2D eigenvalue weighted by Crippen LogP contribution is 2.18. The number of amidine groups is 1. The number of hydrogen-bond donors (Lipinski definition) is 2. The molecule has 0 aromatic heterocycles. The molecule has 3 rings (SSSR count). The summed E-state index contributed by atoms with van der Waals surface area (Å²) in [5.74, 6) is 1.90. The van der Waals surface area contributed by atoms with E-state index in [-0.39, 0.29) is 0 Å². The van der Waals surface area contributed by atoms with Crippen LogP contribution in [0.15, 0.2) is 29.3 Å². The van der Waals surface area contributed by atoms with Crippen LogP contribution in [0.4, 0.5) is 0 Å². The Morgan fingerprint density at radius 2 is 2.12 bits per heavy atom. The minimum Gasteiger partial charge on any atom is -0.497 e. The molecular formula is C13H17N3O. The number of ether oxygens (including phenoxy) is 1. The third-order valence-electron chi connectivity index (χ3n) is 3.43. The maximum atomic E-state index is 5.16. The molecule has 4 heteroatoms. The molecule has 0 aliphatic carbocycles. The molecule has 2 aliphatic rings. The highest BCUT2D eigenvalue weighted by molar-refractivity contribution is 6.00. The Morgan fingerprint density at radius 3 is 2.82 bits per heavy atom. The first kappa shape index (κ1) is 10.6. The Labute approximate surface area is 101 Å². The van der Waals surface area contributed by atoms with Crippen molar-refractivity contribution < 1.29 is 4.74 Å². The molecule has 90 valence electrons. The van der Waals surface area contributed by atoms with Crippen LogP contribution in [0.3, 0.4) is 0 Å². The molecule has 4 nitrogen and oxygen atoms in total. The molecule has 2 N–H and O–H groups in total. The normalized spacial score (nSPS) is 27.0. The van der Waals surface area contributed by atoms with Gasteiger partial charge in [0.15, 0.2) is 0 Å². The van der Waals surface area contributed by atoms with Crippen LogP contribution in [0.1, 0.15) is 12.0 Å². The lowest BCUT2D eigenvalue weighted by molar-refractivity contribution is 0.402. The van der Waals surface area contributed by atoms with Gasteiger partial charge in [0.1, 0.15) is 11.6 Å². The molecule has 1 aromatic rings. The topological polar surface area (TPSA) is 45.6 Å². The van der Waals surface area contributed by atoms with E-state index in [1.165, 1.54) is 0 Å². The summed E-state index contributed by atoms with van der Waals surface area (Å²) < 4.78 is 5.16. The van der Waals surface area contributed by atoms with E-state index in [9.17, 15) is 0 Å². The quantitative estimate of drug-likeness (QED) is 0.790. The van der Waals surface area contributed by atoms with Crippen molar-refractivity contribution >= 4 is 5.84 Å². The number of aliphatic imine (C=N–C) groups is 1. The summed E-state index contributed by atoms with van der Waals surface area (Å²) >= 11 is 0. The van der Waals surface area contributed by atoms with Gasteiger partial charge < -0.3 is 15.4 Å². The van der Waals surface area contributed by atoms with Crippen molar-refractivity contribution in [2.75, 3.05) is 20.2 Å². The molecule has 1 saturated heterocycles. The van der Waals surface area contributed by atoms with E-state index in [0.717, 1.165) is 36.7 Å². The lowest BCUT2D eigenvalue weighted by Gasteiger charge is -2.24. The summed E-state index contributed by atoms with van der Waals surface area (Å²) in [6, 6.07) is 8.94. The van der Waals surface area contributed by atoms with Crippen molar-refractivity contribution in [2.45, 2.75) is 18.5 Å². The van der Waals surface area contributed by atoms with Gasteiger partial charge in [0.2, 0.25) is 0 Å². The first-order chi connectivity index (χ1) is 8.36. The summed E-state index contributed by atoms with van der Waals surface area (Å²) in [7, 11) is 1.68. The average Bonchev–Trinajstić information content (AvgIpc) is 2.82. The van der Waals surface area contributed by atoms with Crippen molar-refractivity contribution in [3.05, 3.63) is 29.8 Å². The second-order valence-corrected chi connectivity index (χ2v) is 4.52. The molecule has 0 radical (unpaired) electrons. The van der Waals surface area contributed by atoms with Crippen LogP contribution in [0.25, 0.3) is 0 Å². The van der Waals surface area contributed by atoms with Crippen LogP contribution < -0.4 is 15.4 Å². The van der Waals surface area contributed by atoms with Crippen molar-refractivity contribution in [3.8, 4) is 5.75 Å². The smallest absolute Gasteiger partial charge is 0.128 e. The van der Waals surface area contributed by atoms with Gasteiger partial charge in [0, 0.05) is 12.1 Å². The summed E-state index contributed by atoms with van der Waals surface area (Å²) in [5.41, 5.74) is 1.14. The van der Waals surface area contributed by atoms with Crippen LogP contribution in [0.2, 0.25) is 0 Å². The number of rotatable bonds is 2. The number of piperidine rings is 1. The summed E-state index contributed by atoms with van der Waals surface area (Å²) in [5, 5.41) is 6.88. The molecule has 2 heterocycles. The van der Waals surface area contributed by atoms with E-state index in [2.05, 4.69) is 22.8 Å². The fourth-order valence-corrected chi connectivity index (χ4v) is 2.43. The second-order valence-electron chi connectivity index (χ2n) is 4.52. The zero-order valence-corrected chi connectivity index (χ0v) is 9.94. The van der Waals surface area contributed by atoms with Crippen molar-refractivity contribution in [2.24, 2.45) is 4.99 Å². The van der Waals surface area contributed by atoms with E-state index >= 15 is 0 Å². The number of fused-ring (bicyclic) bond motifs is 1. The Morgan fingerprint density at radius 1 is 1.29 bits per heavy atom. The Hall–Kier alpha value is -1.55. The third-order valence-corrected chi connectivity index (χ3v) is 3.43. The van der Waals surface area contributed by atoms with Gasteiger partial charge in [-0.3, -0.25) is 4.99 Å². The van der Waals surface area contributed by atoms with Gasteiger partial charge in [-0.25, -0.2) is 0 Å². The van der Waals surface area contributed by atoms with Crippen LogP contribution >= 0.6 is 0 Å². The van der Waals surface area contributed by atoms with Gasteiger partial charge in [0.05, 0.1) is 19.2 Å². The van der Waals surface area contributed by atoms with Crippen molar-refractivity contribution in [1.29, 1.82) is 0 Å². The minimum atomic E-state index is 0.438. The summed E-state index contributed by atoms with van der Waals surface area (Å²) in [4.78, 5) is 4.76. The summed E-state index contributed by atoms with van der Waals surface area (Å²) in [6.07, 6.45) is 1.12. The fourth-order valence-electron chi connectivity index (χ4n) is 2.43. The van der Waals surface area contributed by atoms with Gasteiger partial charge >= 0.3 is 0 Å². The minimum absolute atomic E-state index is 0.438. The Kier molecular flexibility index (Phi) is 2.73. The van der Waals surface area contributed by atoms with Gasteiger partial charge in [-0.05, 0) is 37.2 Å². The third kappa shape index (κ3) is 2.00. The van der Waals surface area contributed by atoms with Gasteiger partial charge in [-0.1, -0.05) is 0 Å². The molecule has 2 aliphatic heterocycles. The molecule has 2 atom stereocenters. The number of nitrogens with one attached hydrogen (secondary N) is 2. The fraction of sp³-hybridized carbons (Fsp3) is 0.462. The van der Waals surface area contributed by atoms with E-state index < -0.39 is 0 Å². The lowest BCUT2D eigenvalue weighted by Crippen LogP contribution is -2.48. The summed E-state index contributed by atoms with van der Waals surface area (Å²) in [6.45, 7) is 2.08. The molecule has 1 aromatic carbocycles. The molecule has 0 spiro atoms. The monoisotopic (exact) mass is 231 g/mol. The van der Waals surface area contributed by atoms with Crippen LogP contribution in [0.5, 0.6) is 5.75 Å². The van der Waals surface area contributed by atoms with Gasteiger partial charge in [-0.2, -0.15) is 0 Å². The second kappa shape index (κ2) is 4.37. The van der Waals surface area contributed by atoms with E-state index in [1.807, 2.05) is 12.1 Å². The van der Waals surface area contributed by atoms with Crippen molar-refractivity contribution in [1.82, 2.24) is 10.6 Å². The van der Waals surface area contributed by atoms with Crippen molar-refractivity contribution in [3.63, 3.8) is 0 Å². The van der Waals surface area contributed by atoms with Crippen LogP contribution in [0, 0.1) is 0 Å². The predicted octanol–water partition coefficient (Wildman–Crippen LogP) is 0.775. The van der Waals surface area contributed by atoms with E-state index in [4.69, 9.17) is 9.73 Å². The standard InChI is InChI=1S/C13H17N3O/c1-17-10-4-2-9(3-5-10)13-15-11-6-7-14-8-12(11)16-13/h2-5,11-12,14H,6-8H2,1H3,(H,15,16). The number of benzene rings is 1. The first-order valence-corrected chi connectivity index (χ1v) is 6.06.